The van der Waals surface area contributed by atoms with E-state index in [9.17, 15) is 18.4 Å². The number of H-pyrrole nitrogens is 1. The number of thiophene rings is 1. The highest BCUT2D eigenvalue weighted by Crippen LogP contribution is 2.32. The van der Waals surface area contributed by atoms with Crippen LogP contribution >= 0.6 is 11.3 Å². The van der Waals surface area contributed by atoms with Crippen molar-refractivity contribution in [3.05, 3.63) is 81.5 Å². The Labute approximate surface area is 198 Å². The average molecular weight is 481 g/mol. The highest BCUT2D eigenvalue weighted by atomic mass is 32.1. The molecule has 4 aromatic rings. The van der Waals surface area contributed by atoms with Crippen LogP contribution < -0.4 is 15.8 Å². The molecule has 0 unspecified atom stereocenters. The lowest BCUT2D eigenvalue weighted by Crippen LogP contribution is -2.44. The minimum absolute atomic E-state index is 0.0421. The number of piperidine rings is 1. The van der Waals surface area contributed by atoms with Crippen molar-refractivity contribution >= 4 is 33.4 Å². The van der Waals surface area contributed by atoms with E-state index in [-0.39, 0.29) is 23.9 Å². The summed E-state index contributed by atoms with van der Waals surface area (Å²) in [5.41, 5.74) is 2.70. The van der Waals surface area contributed by atoms with Crippen molar-refractivity contribution in [2.45, 2.75) is 19.4 Å². The largest absolute Gasteiger partial charge is 0.352 e. The van der Waals surface area contributed by atoms with E-state index >= 15 is 0 Å². The maximum absolute atomic E-state index is 13.4. The van der Waals surface area contributed by atoms with Gasteiger partial charge in [0.05, 0.1) is 11.4 Å². The summed E-state index contributed by atoms with van der Waals surface area (Å²) in [7, 11) is 0. The van der Waals surface area contributed by atoms with E-state index in [1.165, 1.54) is 23.5 Å². The van der Waals surface area contributed by atoms with Crippen LogP contribution in [0.1, 0.15) is 18.4 Å². The zero-order valence-corrected chi connectivity index (χ0v) is 19.0. The summed E-state index contributed by atoms with van der Waals surface area (Å²) in [5, 5.41) is 4.71. The van der Waals surface area contributed by atoms with Crippen LogP contribution in [-0.4, -0.2) is 29.0 Å². The number of benzene rings is 2. The number of hydrogen-bond donors (Lipinski definition) is 2. The minimum atomic E-state index is -0.679. The predicted octanol–water partition coefficient (Wildman–Crippen LogP) is 4.46. The molecule has 6 nitrogen and oxygen atoms in total. The molecule has 1 amide bonds. The molecule has 0 bridgehead atoms. The Morgan fingerprint density at radius 2 is 1.94 bits per heavy atom. The predicted molar refractivity (Wildman–Crippen MR) is 129 cm³/mol. The lowest BCUT2D eigenvalue weighted by molar-refractivity contribution is -0.125. The molecule has 0 spiro atoms. The second-order valence-corrected chi connectivity index (χ2v) is 9.24. The molecule has 1 fully saturated rings. The number of anilines is 1. The van der Waals surface area contributed by atoms with Gasteiger partial charge in [-0.05, 0) is 36.1 Å². The second kappa shape index (κ2) is 9.34. The average Bonchev–Trinajstić information content (AvgIpc) is 3.27. The van der Waals surface area contributed by atoms with E-state index in [1.54, 1.807) is 0 Å². The fourth-order valence-electron chi connectivity index (χ4n) is 4.32. The first kappa shape index (κ1) is 22.2. The zero-order chi connectivity index (χ0) is 23.7. The normalized spacial score (nSPS) is 16.1. The topological polar surface area (TPSA) is 78.1 Å². The number of halogens is 2. The molecule has 0 radical (unpaired) electrons. The summed E-state index contributed by atoms with van der Waals surface area (Å²) >= 11 is 1.36. The number of rotatable bonds is 5. The van der Waals surface area contributed by atoms with Crippen LogP contribution in [0.15, 0.2) is 58.7 Å². The second-order valence-electron chi connectivity index (χ2n) is 8.36. The van der Waals surface area contributed by atoms with Crippen molar-refractivity contribution in [1.82, 2.24) is 15.3 Å². The van der Waals surface area contributed by atoms with Gasteiger partial charge in [-0.25, -0.2) is 13.8 Å². The molecule has 2 aromatic heterocycles. The maximum Gasteiger partial charge on any atom is 0.270 e. The van der Waals surface area contributed by atoms with Crippen LogP contribution in [0, 0.1) is 17.6 Å². The molecule has 5 rings (SSSR count). The summed E-state index contributed by atoms with van der Waals surface area (Å²) in [6.45, 7) is 1.10. The lowest BCUT2D eigenvalue weighted by atomic mass is 9.97. The molecule has 1 atom stereocenters. The molecule has 2 N–H and O–H groups in total. The standard InChI is InChI=1S/C25H22F2N4O2S/c26-18-9-15(10-19(27)11-18)12-28-23(32)17-7-4-8-31(13-17)25-29-21-20(16-5-2-1-3-6-16)14-34-22(21)24(33)30-25/h1-3,5-6,9-11,14,17H,4,7-8,12-13H2,(H,28,32)(H,29,30,33)/t17-/m1/s1. The Morgan fingerprint density at radius 1 is 1.18 bits per heavy atom. The number of carbonyl (C=O) groups is 1. The quantitative estimate of drug-likeness (QED) is 0.442. The Balaban J connectivity index is 1.34. The molecule has 1 aliphatic rings. The van der Waals surface area contributed by atoms with Gasteiger partial charge in [0.1, 0.15) is 16.3 Å². The lowest BCUT2D eigenvalue weighted by Gasteiger charge is -2.32. The number of fused-ring (bicyclic) bond motifs is 1. The summed E-state index contributed by atoms with van der Waals surface area (Å²) in [6, 6.07) is 13.0. The number of nitrogens with zero attached hydrogens (tertiary/aromatic N) is 2. The molecule has 3 heterocycles. The van der Waals surface area contributed by atoms with Crippen molar-refractivity contribution in [2.24, 2.45) is 5.92 Å². The Morgan fingerprint density at radius 3 is 2.71 bits per heavy atom. The summed E-state index contributed by atoms with van der Waals surface area (Å²) in [6.07, 6.45) is 1.43. The molecule has 174 valence electrons. The molecule has 0 saturated carbocycles. The Kier molecular flexibility index (Phi) is 6.10. The van der Waals surface area contributed by atoms with Crippen LogP contribution in [0.3, 0.4) is 0 Å². The summed E-state index contributed by atoms with van der Waals surface area (Å²) in [5.74, 6) is -1.44. The molecule has 0 aliphatic carbocycles. The van der Waals surface area contributed by atoms with Crippen LogP contribution in [-0.2, 0) is 11.3 Å². The third kappa shape index (κ3) is 4.56. The molecule has 9 heteroatoms. The van der Waals surface area contributed by atoms with Gasteiger partial charge in [0, 0.05) is 36.6 Å². The fraction of sp³-hybridized carbons (Fsp3) is 0.240. The molecule has 1 saturated heterocycles. The monoisotopic (exact) mass is 480 g/mol. The van der Waals surface area contributed by atoms with Gasteiger partial charge in [-0.2, -0.15) is 0 Å². The zero-order valence-electron chi connectivity index (χ0n) is 18.2. The van der Waals surface area contributed by atoms with Gasteiger partial charge in [0.2, 0.25) is 11.9 Å². The first-order chi connectivity index (χ1) is 16.5. The van der Waals surface area contributed by atoms with E-state index in [4.69, 9.17) is 4.98 Å². The van der Waals surface area contributed by atoms with E-state index in [0.717, 1.165) is 23.6 Å². The van der Waals surface area contributed by atoms with Gasteiger partial charge in [0.15, 0.2) is 0 Å². The highest BCUT2D eigenvalue weighted by molar-refractivity contribution is 7.17. The molecule has 1 aliphatic heterocycles. The number of aromatic nitrogens is 2. The van der Waals surface area contributed by atoms with Crippen LogP contribution in [0.5, 0.6) is 0 Å². The van der Waals surface area contributed by atoms with Crippen LogP contribution in [0.2, 0.25) is 0 Å². The SMILES string of the molecule is O=C(NCc1cc(F)cc(F)c1)[C@@H]1CCCN(c2nc3c(-c4ccccc4)csc3c(=O)[nH]2)C1. The van der Waals surface area contributed by atoms with Gasteiger partial charge in [-0.3, -0.25) is 14.6 Å². The smallest absolute Gasteiger partial charge is 0.270 e. The van der Waals surface area contributed by atoms with E-state index in [0.29, 0.717) is 41.2 Å². The number of hydrogen-bond acceptors (Lipinski definition) is 5. The minimum Gasteiger partial charge on any atom is -0.352 e. The van der Waals surface area contributed by atoms with Crippen molar-refractivity contribution in [3.8, 4) is 11.1 Å². The number of nitrogens with one attached hydrogen (secondary N) is 2. The number of amides is 1. The maximum atomic E-state index is 13.4. The Hall–Kier alpha value is -3.59. The van der Waals surface area contributed by atoms with Gasteiger partial charge in [-0.1, -0.05) is 30.3 Å². The molecular weight excluding hydrogens is 458 g/mol. The molecule has 34 heavy (non-hydrogen) atoms. The van der Waals surface area contributed by atoms with Crippen molar-refractivity contribution in [1.29, 1.82) is 0 Å². The van der Waals surface area contributed by atoms with Gasteiger partial charge in [0.25, 0.3) is 5.56 Å². The van der Waals surface area contributed by atoms with E-state index in [1.807, 2.05) is 40.6 Å². The highest BCUT2D eigenvalue weighted by Gasteiger charge is 2.27. The van der Waals surface area contributed by atoms with Crippen LogP contribution in [0.4, 0.5) is 14.7 Å². The number of aromatic amines is 1. The molecular formula is C25H22F2N4O2S. The third-order valence-electron chi connectivity index (χ3n) is 5.98. The van der Waals surface area contributed by atoms with Crippen molar-refractivity contribution in [2.75, 3.05) is 18.0 Å². The van der Waals surface area contributed by atoms with Gasteiger partial charge in [-0.15, -0.1) is 11.3 Å². The number of carbonyl (C=O) groups excluding carboxylic acids is 1. The summed E-state index contributed by atoms with van der Waals surface area (Å²) in [4.78, 5) is 35.1. The van der Waals surface area contributed by atoms with Crippen LogP contribution in [0.25, 0.3) is 21.3 Å². The van der Waals surface area contributed by atoms with Gasteiger partial charge < -0.3 is 10.2 Å². The Bertz CT molecular complexity index is 1380. The van der Waals surface area contributed by atoms with Gasteiger partial charge >= 0.3 is 0 Å². The van der Waals surface area contributed by atoms with E-state index in [2.05, 4.69) is 10.3 Å². The first-order valence-electron chi connectivity index (χ1n) is 11.0. The van der Waals surface area contributed by atoms with Crippen molar-refractivity contribution < 1.29 is 13.6 Å². The first-order valence-corrected chi connectivity index (χ1v) is 11.9. The molecule has 2 aromatic carbocycles. The van der Waals surface area contributed by atoms with E-state index < -0.39 is 11.6 Å². The fourth-order valence-corrected chi connectivity index (χ4v) is 5.23. The van der Waals surface area contributed by atoms with Crippen molar-refractivity contribution in [3.63, 3.8) is 0 Å². The summed E-state index contributed by atoms with van der Waals surface area (Å²) < 4.78 is 27.4. The third-order valence-corrected chi connectivity index (χ3v) is 6.95.